The molecule has 0 spiro atoms. The topological polar surface area (TPSA) is 41.6 Å². The molecule has 1 unspecified atom stereocenters. The van der Waals surface area contributed by atoms with Gasteiger partial charge in [-0.05, 0) is 17.7 Å². The smallest absolute Gasteiger partial charge is 0.379 e. The highest BCUT2D eigenvalue weighted by Gasteiger charge is 2.31. The van der Waals surface area contributed by atoms with Crippen LogP contribution in [-0.2, 0) is 15.7 Å². The third-order valence-electron chi connectivity index (χ3n) is 4.10. The van der Waals surface area contributed by atoms with Crippen LogP contribution in [0.5, 0.6) is 0 Å². The van der Waals surface area contributed by atoms with Gasteiger partial charge in [-0.1, -0.05) is 26.0 Å². The highest BCUT2D eigenvalue weighted by atomic mass is 19.4. The highest BCUT2D eigenvalue weighted by molar-refractivity contribution is 5.77. The first-order chi connectivity index (χ1) is 11.3. The molecule has 24 heavy (non-hydrogen) atoms. The summed E-state index contributed by atoms with van der Waals surface area (Å²) < 4.78 is 43.5. The Morgan fingerprint density at radius 1 is 1.21 bits per heavy atom. The number of carbonyl (C=O) groups excluding carboxylic acids is 1. The lowest BCUT2D eigenvalue weighted by Crippen LogP contribution is -2.44. The van der Waals surface area contributed by atoms with Gasteiger partial charge in [-0.3, -0.25) is 9.69 Å². The van der Waals surface area contributed by atoms with E-state index in [1.807, 2.05) is 0 Å². The summed E-state index contributed by atoms with van der Waals surface area (Å²) in [5, 5.41) is 2.88. The summed E-state index contributed by atoms with van der Waals surface area (Å²) in [6.07, 6.45) is -4.35. The number of hydrogen-bond acceptors (Lipinski definition) is 3. The SMILES string of the molecule is CC(C)C(=O)NCC(c1ccc(C(F)(F)F)cc1)N1CCOCC1. The minimum Gasteiger partial charge on any atom is -0.379 e. The van der Waals surface area contributed by atoms with Gasteiger partial charge in [-0.15, -0.1) is 0 Å². The third kappa shape index (κ3) is 4.95. The van der Waals surface area contributed by atoms with Crippen molar-refractivity contribution in [3.05, 3.63) is 35.4 Å². The highest BCUT2D eigenvalue weighted by Crippen LogP contribution is 2.31. The van der Waals surface area contributed by atoms with Crippen LogP contribution in [0.2, 0.25) is 0 Å². The zero-order chi connectivity index (χ0) is 17.7. The second-order valence-electron chi connectivity index (χ2n) is 6.18. The van der Waals surface area contributed by atoms with E-state index in [0.717, 1.165) is 17.7 Å². The van der Waals surface area contributed by atoms with Gasteiger partial charge in [0.1, 0.15) is 0 Å². The molecule has 1 heterocycles. The van der Waals surface area contributed by atoms with Crippen molar-refractivity contribution in [1.29, 1.82) is 0 Å². The molecule has 0 bridgehead atoms. The minimum absolute atomic E-state index is 0.0693. The lowest BCUT2D eigenvalue weighted by atomic mass is 10.0. The second kappa shape index (κ2) is 7.98. The van der Waals surface area contributed by atoms with Gasteiger partial charge in [0.05, 0.1) is 24.8 Å². The Balaban J connectivity index is 2.16. The number of alkyl halides is 3. The fraction of sp³-hybridized carbons (Fsp3) is 0.588. The first kappa shape index (κ1) is 18.7. The molecule has 7 heteroatoms. The zero-order valence-corrected chi connectivity index (χ0v) is 13.9. The molecule has 134 valence electrons. The molecule has 1 aliphatic heterocycles. The standard InChI is InChI=1S/C17H23F3N2O2/c1-12(2)16(23)21-11-15(22-7-9-24-10-8-22)13-3-5-14(6-4-13)17(18,19)20/h3-6,12,15H,7-11H2,1-2H3,(H,21,23). The predicted octanol–water partition coefficient (Wildman–Crippen LogP) is 2.85. The number of benzene rings is 1. The van der Waals surface area contributed by atoms with Gasteiger partial charge in [0.25, 0.3) is 0 Å². The van der Waals surface area contributed by atoms with Crippen LogP contribution in [0.3, 0.4) is 0 Å². The predicted molar refractivity (Wildman–Crippen MR) is 84.4 cm³/mol. The molecule has 0 aliphatic carbocycles. The largest absolute Gasteiger partial charge is 0.416 e. The van der Waals surface area contributed by atoms with E-state index < -0.39 is 11.7 Å². The number of hydrogen-bond donors (Lipinski definition) is 1. The summed E-state index contributed by atoms with van der Waals surface area (Å²) in [6, 6.07) is 4.99. The number of ether oxygens (including phenoxy) is 1. The maximum absolute atomic E-state index is 12.7. The molecule has 1 atom stereocenters. The number of morpholine rings is 1. The Kier molecular flexibility index (Phi) is 6.23. The summed E-state index contributed by atoms with van der Waals surface area (Å²) in [5.41, 5.74) is 0.0900. The van der Waals surface area contributed by atoms with Gasteiger partial charge in [-0.2, -0.15) is 13.2 Å². The summed E-state index contributed by atoms with van der Waals surface area (Å²) in [7, 11) is 0. The minimum atomic E-state index is -4.35. The molecule has 1 amide bonds. The number of amides is 1. The summed E-state index contributed by atoms with van der Waals surface area (Å²) >= 11 is 0. The molecular formula is C17H23F3N2O2. The van der Waals surface area contributed by atoms with Crippen LogP contribution < -0.4 is 5.32 Å². The van der Waals surface area contributed by atoms with Crippen molar-refractivity contribution in [3.63, 3.8) is 0 Å². The maximum atomic E-state index is 12.7. The van der Waals surface area contributed by atoms with Crippen molar-refractivity contribution in [2.75, 3.05) is 32.8 Å². The average Bonchev–Trinajstić information content (AvgIpc) is 2.55. The van der Waals surface area contributed by atoms with Crippen LogP contribution in [0, 0.1) is 5.92 Å². The van der Waals surface area contributed by atoms with Crippen molar-refractivity contribution in [1.82, 2.24) is 10.2 Å². The monoisotopic (exact) mass is 344 g/mol. The molecule has 0 saturated carbocycles. The van der Waals surface area contributed by atoms with Gasteiger partial charge >= 0.3 is 6.18 Å². The Hall–Kier alpha value is -1.60. The lowest BCUT2D eigenvalue weighted by molar-refractivity contribution is -0.137. The van der Waals surface area contributed by atoms with Crippen LogP contribution in [0.4, 0.5) is 13.2 Å². The Morgan fingerprint density at radius 2 is 1.79 bits per heavy atom. The third-order valence-corrected chi connectivity index (χ3v) is 4.10. The van der Waals surface area contributed by atoms with E-state index in [4.69, 9.17) is 4.74 Å². The van der Waals surface area contributed by atoms with E-state index in [9.17, 15) is 18.0 Å². The molecule has 0 radical (unpaired) electrons. The van der Waals surface area contributed by atoms with Crippen LogP contribution >= 0.6 is 0 Å². The molecule has 1 aromatic rings. The van der Waals surface area contributed by atoms with Gasteiger partial charge in [0.2, 0.25) is 5.91 Å². The average molecular weight is 344 g/mol. The fourth-order valence-corrected chi connectivity index (χ4v) is 2.64. The van der Waals surface area contributed by atoms with E-state index in [1.165, 1.54) is 12.1 Å². The number of halogens is 3. The molecule has 1 fully saturated rings. The normalized spacial score (nSPS) is 17.8. The molecule has 1 saturated heterocycles. The first-order valence-electron chi connectivity index (χ1n) is 8.05. The summed E-state index contributed by atoms with van der Waals surface area (Å²) in [4.78, 5) is 14.0. The van der Waals surface area contributed by atoms with Crippen molar-refractivity contribution in [2.24, 2.45) is 5.92 Å². The van der Waals surface area contributed by atoms with Crippen molar-refractivity contribution in [3.8, 4) is 0 Å². The maximum Gasteiger partial charge on any atom is 0.416 e. The summed E-state index contributed by atoms with van der Waals surface area (Å²) in [5.74, 6) is -0.205. The molecule has 1 aromatic carbocycles. The molecule has 1 aliphatic rings. The van der Waals surface area contributed by atoms with E-state index in [-0.39, 0.29) is 17.9 Å². The molecular weight excluding hydrogens is 321 g/mol. The van der Waals surface area contributed by atoms with Crippen molar-refractivity contribution in [2.45, 2.75) is 26.1 Å². The van der Waals surface area contributed by atoms with Gasteiger partial charge < -0.3 is 10.1 Å². The van der Waals surface area contributed by atoms with E-state index in [0.29, 0.717) is 32.8 Å². The summed E-state index contributed by atoms with van der Waals surface area (Å²) in [6.45, 7) is 6.49. The Labute approximate surface area is 140 Å². The second-order valence-corrected chi connectivity index (χ2v) is 6.18. The van der Waals surface area contributed by atoms with Crippen LogP contribution in [-0.4, -0.2) is 43.7 Å². The first-order valence-corrected chi connectivity index (χ1v) is 8.05. The molecule has 4 nitrogen and oxygen atoms in total. The van der Waals surface area contributed by atoms with Crippen LogP contribution in [0.25, 0.3) is 0 Å². The lowest BCUT2D eigenvalue weighted by Gasteiger charge is -2.35. The number of nitrogens with zero attached hydrogens (tertiary/aromatic N) is 1. The van der Waals surface area contributed by atoms with Crippen LogP contribution in [0.1, 0.15) is 31.0 Å². The number of nitrogens with one attached hydrogen (secondary N) is 1. The van der Waals surface area contributed by atoms with E-state index in [2.05, 4.69) is 10.2 Å². The molecule has 0 aromatic heterocycles. The fourth-order valence-electron chi connectivity index (χ4n) is 2.64. The quantitative estimate of drug-likeness (QED) is 0.893. The van der Waals surface area contributed by atoms with E-state index >= 15 is 0 Å². The number of carbonyl (C=O) groups is 1. The van der Waals surface area contributed by atoms with Crippen LogP contribution in [0.15, 0.2) is 24.3 Å². The number of rotatable bonds is 5. The Bertz CT molecular complexity index is 538. The molecule has 2 rings (SSSR count). The van der Waals surface area contributed by atoms with Gasteiger partial charge in [0, 0.05) is 25.6 Å². The molecule has 1 N–H and O–H groups in total. The van der Waals surface area contributed by atoms with Gasteiger partial charge in [-0.25, -0.2) is 0 Å². The van der Waals surface area contributed by atoms with E-state index in [1.54, 1.807) is 13.8 Å². The zero-order valence-electron chi connectivity index (χ0n) is 13.9. The van der Waals surface area contributed by atoms with Crippen molar-refractivity contribution < 1.29 is 22.7 Å². The van der Waals surface area contributed by atoms with Crippen molar-refractivity contribution >= 4 is 5.91 Å². The Morgan fingerprint density at radius 3 is 2.29 bits per heavy atom. The van der Waals surface area contributed by atoms with Gasteiger partial charge in [0.15, 0.2) is 0 Å².